The Balaban J connectivity index is 2.81. The van der Waals surface area contributed by atoms with Gasteiger partial charge in [-0.25, -0.2) is 0 Å². The van der Waals surface area contributed by atoms with Crippen LogP contribution in [0.4, 0.5) is 0 Å². The molecule has 0 aromatic carbocycles. The van der Waals surface area contributed by atoms with Crippen LogP contribution in [0.1, 0.15) is 32.1 Å². The van der Waals surface area contributed by atoms with Crippen molar-refractivity contribution in [1.29, 1.82) is 0 Å². The van der Waals surface area contributed by atoms with E-state index in [0.717, 1.165) is 12.8 Å². The molecule has 0 saturated carbocycles. The summed E-state index contributed by atoms with van der Waals surface area (Å²) < 4.78 is 0. The summed E-state index contributed by atoms with van der Waals surface area (Å²) in [7, 11) is 0. The molecule has 0 aliphatic carbocycles. The van der Waals surface area contributed by atoms with Gasteiger partial charge in [-0.1, -0.05) is 24.3 Å². The van der Waals surface area contributed by atoms with Crippen molar-refractivity contribution in [3.05, 3.63) is 37.5 Å². The zero-order valence-electron chi connectivity index (χ0n) is 11.1. The second kappa shape index (κ2) is 7.56. The molecule has 2 atom stereocenters. The smallest absolute Gasteiger partial charge is 0.303 e. The number of aliphatic carboxylic acids is 1. The van der Waals surface area contributed by atoms with Gasteiger partial charge in [0.1, 0.15) is 0 Å². The van der Waals surface area contributed by atoms with Crippen molar-refractivity contribution in [1.82, 2.24) is 4.90 Å². The van der Waals surface area contributed by atoms with Crippen molar-refractivity contribution in [3.63, 3.8) is 0 Å². The van der Waals surface area contributed by atoms with E-state index in [1.807, 2.05) is 6.08 Å². The van der Waals surface area contributed by atoms with Crippen LogP contribution in [0, 0.1) is 0 Å². The van der Waals surface area contributed by atoms with Gasteiger partial charge in [0.05, 0.1) is 12.5 Å². The van der Waals surface area contributed by atoms with E-state index >= 15 is 0 Å². The first-order valence-electron chi connectivity index (χ1n) is 6.51. The largest absolute Gasteiger partial charge is 0.481 e. The zero-order chi connectivity index (χ0) is 14.3. The second-order valence-corrected chi connectivity index (χ2v) is 4.63. The summed E-state index contributed by atoms with van der Waals surface area (Å²) in [5.74, 6) is -1.05. The molecule has 104 valence electrons. The summed E-state index contributed by atoms with van der Waals surface area (Å²) in [6.45, 7) is 7.43. The maximum Gasteiger partial charge on any atom is 0.303 e. The van der Waals surface area contributed by atoms with E-state index < -0.39 is 5.97 Å². The van der Waals surface area contributed by atoms with Crippen LogP contribution in [0.15, 0.2) is 37.5 Å². The number of rotatable bonds is 7. The van der Waals surface area contributed by atoms with Gasteiger partial charge in [-0.3, -0.25) is 9.59 Å². The molecule has 0 unspecified atom stereocenters. The number of carbonyl (C=O) groups is 2. The molecule has 1 rings (SSSR count). The van der Waals surface area contributed by atoms with Crippen molar-refractivity contribution >= 4 is 11.9 Å². The van der Waals surface area contributed by atoms with Crippen LogP contribution < -0.4 is 0 Å². The topological polar surface area (TPSA) is 57.6 Å². The van der Waals surface area contributed by atoms with Gasteiger partial charge in [0.25, 0.3) is 0 Å². The molecule has 19 heavy (non-hydrogen) atoms. The van der Waals surface area contributed by atoms with E-state index in [4.69, 9.17) is 5.11 Å². The minimum Gasteiger partial charge on any atom is -0.481 e. The van der Waals surface area contributed by atoms with Crippen molar-refractivity contribution < 1.29 is 14.7 Å². The zero-order valence-corrected chi connectivity index (χ0v) is 11.1. The molecule has 1 N–H and O–H groups in total. The van der Waals surface area contributed by atoms with Gasteiger partial charge in [-0.15, -0.1) is 13.2 Å². The lowest BCUT2D eigenvalue weighted by Gasteiger charge is -2.39. The van der Waals surface area contributed by atoms with Crippen LogP contribution >= 0.6 is 0 Å². The molecule has 4 heteroatoms. The van der Waals surface area contributed by atoms with Crippen molar-refractivity contribution in [2.45, 2.75) is 44.2 Å². The van der Waals surface area contributed by atoms with Crippen molar-refractivity contribution in [2.75, 3.05) is 0 Å². The molecular weight excluding hydrogens is 242 g/mol. The summed E-state index contributed by atoms with van der Waals surface area (Å²) in [5, 5.41) is 8.68. The van der Waals surface area contributed by atoms with Crippen LogP contribution in [0.5, 0.6) is 0 Å². The summed E-state index contributed by atoms with van der Waals surface area (Å²) in [5.41, 5.74) is 0. The van der Waals surface area contributed by atoms with Gasteiger partial charge in [0.2, 0.25) is 5.91 Å². The highest BCUT2D eigenvalue weighted by atomic mass is 16.4. The van der Waals surface area contributed by atoms with Gasteiger partial charge in [0.15, 0.2) is 0 Å². The Morgan fingerprint density at radius 1 is 1.26 bits per heavy atom. The van der Waals surface area contributed by atoms with E-state index in [0.29, 0.717) is 6.42 Å². The Kier molecular flexibility index (Phi) is 6.06. The molecule has 0 spiro atoms. The Bertz CT molecular complexity index is 387. The SMILES string of the molecule is C=CC[C@H]1CC=C[C@H](CC=C)N1C(=O)CCC(=O)O. The van der Waals surface area contributed by atoms with Gasteiger partial charge < -0.3 is 10.0 Å². The molecule has 0 saturated heterocycles. The Morgan fingerprint density at radius 2 is 1.95 bits per heavy atom. The third kappa shape index (κ3) is 4.39. The maximum atomic E-state index is 12.2. The Hall–Kier alpha value is -1.84. The van der Waals surface area contributed by atoms with Crippen molar-refractivity contribution in [2.24, 2.45) is 0 Å². The van der Waals surface area contributed by atoms with Gasteiger partial charge in [-0.2, -0.15) is 0 Å². The van der Waals surface area contributed by atoms with Crippen LogP contribution in [-0.4, -0.2) is 34.0 Å². The molecule has 0 radical (unpaired) electrons. The first-order valence-corrected chi connectivity index (χ1v) is 6.51. The van der Waals surface area contributed by atoms with E-state index in [2.05, 4.69) is 19.2 Å². The van der Waals surface area contributed by atoms with Crippen molar-refractivity contribution in [3.8, 4) is 0 Å². The number of hydrogen-bond donors (Lipinski definition) is 1. The fraction of sp³-hybridized carbons (Fsp3) is 0.467. The predicted octanol–water partition coefficient (Wildman–Crippen LogP) is 2.53. The van der Waals surface area contributed by atoms with Crippen LogP contribution in [0.25, 0.3) is 0 Å². The lowest BCUT2D eigenvalue weighted by Crippen LogP contribution is -2.48. The molecule has 1 aliphatic rings. The molecule has 0 bridgehead atoms. The molecule has 1 amide bonds. The highest BCUT2D eigenvalue weighted by Gasteiger charge is 2.29. The highest BCUT2D eigenvalue weighted by molar-refractivity contribution is 5.81. The highest BCUT2D eigenvalue weighted by Crippen LogP contribution is 2.23. The summed E-state index contributed by atoms with van der Waals surface area (Å²) >= 11 is 0. The van der Waals surface area contributed by atoms with Gasteiger partial charge in [-0.05, 0) is 19.3 Å². The molecule has 0 fully saturated rings. The number of carboxylic acids is 1. The lowest BCUT2D eigenvalue weighted by molar-refractivity contribution is -0.142. The fourth-order valence-corrected chi connectivity index (χ4v) is 2.37. The minimum absolute atomic E-state index is 0.0162. The molecule has 1 heterocycles. The van der Waals surface area contributed by atoms with E-state index in [9.17, 15) is 9.59 Å². The Morgan fingerprint density at radius 3 is 2.53 bits per heavy atom. The third-order valence-electron chi connectivity index (χ3n) is 3.20. The van der Waals surface area contributed by atoms with Gasteiger partial charge in [0, 0.05) is 12.5 Å². The Labute approximate surface area is 114 Å². The van der Waals surface area contributed by atoms with Crippen LogP contribution in [0.2, 0.25) is 0 Å². The quantitative estimate of drug-likeness (QED) is 0.718. The number of carbonyl (C=O) groups excluding carboxylic acids is 1. The van der Waals surface area contributed by atoms with E-state index in [1.165, 1.54) is 0 Å². The predicted molar refractivity (Wildman–Crippen MR) is 74.7 cm³/mol. The monoisotopic (exact) mass is 263 g/mol. The number of amides is 1. The standard InChI is InChI=1S/C15H21NO3/c1-3-6-12-8-5-9-13(7-4-2)16(12)14(17)10-11-15(18)19/h3-5,8,12-13H,1-2,6-7,9-11H2,(H,18,19)/t12-,13-/m0/s1. The third-order valence-corrected chi connectivity index (χ3v) is 3.20. The molecule has 0 aromatic heterocycles. The fourth-order valence-electron chi connectivity index (χ4n) is 2.37. The van der Waals surface area contributed by atoms with E-state index in [1.54, 1.807) is 17.1 Å². The van der Waals surface area contributed by atoms with Crippen LogP contribution in [-0.2, 0) is 9.59 Å². The first-order chi connectivity index (χ1) is 9.10. The number of nitrogens with zero attached hydrogens (tertiary/aromatic N) is 1. The first kappa shape index (κ1) is 15.2. The maximum absolute atomic E-state index is 12.2. The number of hydrogen-bond acceptors (Lipinski definition) is 2. The minimum atomic E-state index is -0.943. The van der Waals surface area contributed by atoms with Crippen LogP contribution in [0.3, 0.4) is 0 Å². The molecular formula is C15H21NO3. The molecule has 4 nitrogen and oxygen atoms in total. The number of carboxylic acid groups (broad SMARTS) is 1. The van der Waals surface area contributed by atoms with Gasteiger partial charge >= 0.3 is 5.97 Å². The lowest BCUT2D eigenvalue weighted by atomic mass is 9.97. The summed E-state index contributed by atoms with van der Waals surface area (Å²) in [6, 6.07) is 0.0613. The summed E-state index contributed by atoms with van der Waals surface area (Å²) in [4.78, 5) is 24.6. The van der Waals surface area contributed by atoms with E-state index in [-0.39, 0.29) is 30.8 Å². The second-order valence-electron chi connectivity index (χ2n) is 4.63. The normalized spacial score (nSPS) is 22.0. The summed E-state index contributed by atoms with van der Waals surface area (Å²) in [6.07, 6.45) is 9.77. The molecule has 0 aromatic rings. The average Bonchev–Trinajstić information content (AvgIpc) is 2.37. The molecule has 1 aliphatic heterocycles. The average molecular weight is 263 g/mol.